The topological polar surface area (TPSA) is 50.8 Å². The van der Waals surface area contributed by atoms with Crippen molar-refractivity contribution in [1.29, 1.82) is 5.26 Å². The number of nitriles is 1. The van der Waals surface area contributed by atoms with Crippen molar-refractivity contribution in [3.63, 3.8) is 0 Å². The van der Waals surface area contributed by atoms with Crippen molar-refractivity contribution in [2.45, 2.75) is 20.8 Å². The minimum Gasteiger partial charge on any atom is -0.496 e. The maximum atomic E-state index is 9.28. The fourth-order valence-corrected chi connectivity index (χ4v) is 2.35. The molecule has 98 valence electrons. The van der Waals surface area contributed by atoms with E-state index in [0.717, 1.165) is 34.0 Å². The molecule has 4 nitrogen and oxygen atoms in total. The maximum Gasteiger partial charge on any atom is 0.147 e. The van der Waals surface area contributed by atoms with Crippen LogP contribution in [0.3, 0.4) is 0 Å². The Labute approximate surface area is 113 Å². The Hall–Kier alpha value is -2.28. The molecule has 0 unspecified atom stereocenters. The molecule has 2 aromatic rings. The van der Waals surface area contributed by atoms with E-state index in [0.29, 0.717) is 5.69 Å². The second-order valence-electron chi connectivity index (χ2n) is 4.67. The third kappa shape index (κ3) is 2.08. The number of imidazole rings is 1. The van der Waals surface area contributed by atoms with Crippen LogP contribution in [-0.2, 0) is 7.05 Å². The summed E-state index contributed by atoms with van der Waals surface area (Å²) < 4.78 is 7.17. The number of ether oxygens (including phenoxy) is 1. The lowest BCUT2D eigenvalue weighted by molar-refractivity contribution is 0.408. The van der Waals surface area contributed by atoms with Crippen LogP contribution in [0.4, 0.5) is 0 Å². The lowest BCUT2D eigenvalue weighted by atomic mass is 10.0. The zero-order valence-corrected chi connectivity index (χ0v) is 11.9. The summed E-state index contributed by atoms with van der Waals surface area (Å²) in [5, 5.41) is 9.28. The molecule has 1 aromatic carbocycles. The van der Waals surface area contributed by atoms with Crippen LogP contribution in [0.1, 0.15) is 22.6 Å². The summed E-state index contributed by atoms with van der Waals surface area (Å²) in [6.07, 6.45) is 0. The molecule has 0 atom stereocenters. The van der Waals surface area contributed by atoms with Gasteiger partial charge >= 0.3 is 0 Å². The van der Waals surface area contributed by atoms with Crippen LogP contribution in [0, 0.1) is 32.1 Å². The Morgan fingerprint density at radius 1 is 1.21 bits per heavy atom. The predicted octanol–water partition coefficient (Wildman–Crippen LogP) is 2.89. The highest BCUT2D eigenvalue weighted by Gasteiger charge is 2.15. The van der Waals surface area contributed by atoms with Gasteiger partial charge in [0, 0.05) is 12.6 Å². The van der Waals surface area contributed by atoms with Gasteiger partial charge in [-0.2, -0.15) is 5.26 Å². The summed E-state index contributed by atoms with van der Waals surface area (Å²) in [4.78, 5) is 4.49. The third-order valence-corrected chi connectivity index (χ3v) is 3.36. The number of methoxy groups -OCH3 is 1. The first-order chi connectivity index (χ1) is 8.99. The van der Waals surface area contributed by atoms with Crippen LogP contribution in [0.25, 0.3) is 11.3 Å². The smallest absolute Gasteiger partial charge is 0.147 e. The first-order valence-corrected chi connectivity index (χ1v) is 6.08. The van der Waals surface area contributed by atoms with E-state index in [1.54, 1.807) is 7.11 Å². The summed E-state index contributed by atoms with van der Waals surface area (Å²) in [6.45, 7) is 5.89. The standard InChI is InChI=1S/C15H17N3O/c1-9-6-12(7-10(2)15(9)19-5)14-13(8-16)18(4)11(3)17-14/h6-7H,1-5H3. The van der Waals surface area contributed by atoms with Gasteiger partial charge in [0.05, 0.1) is 7.11 Å². The zero-order valence-electron chi connectivity index (χ0n) is 11.9. The molecule has 0 spiro atoms. The average molecular weight is 255 g/mol. The van der Waals surface area contributed by atoms with Crippen molar-refractivity contribution in [1.82, 2.24) is 9.55 Å². The van der Waals surface area contributed by atoms with Crippen LogP contribution in [-0.4, -0.2) is 16.7 Å². The number of nitrogens with zero attached hydrogens (tertiary/aromatic N) is 3. The van der Waals surface area contributed by atoms with Gasteiger partial charge in [-0.1, -0.05) is 0 Å². The van der Waals surface area contributed by atoms with Crippen LogP contribution in [0.15, 0.2) is 12.1 Å². The molecule has 0 amide bonds. The molecule has 0 saturated heterocycles. The number of hydrogen-bond acceptors (Lipinski definition) is 3. The zero-order chi connectivity index (χ0) is 14.2. The van der Waals surface area contributed by atoms with Gasteiger partial charge in [0.15, 0.2) is 0 Å². The Morgan fingerprint density at radius 3 is 2.26 bits per heavy atom. The lowest BCUT2D eigenvalue weighted by Crippen LogP contribution is -1.95. The summed E-state index contributed by atoms with van der Waals surface area (Å²) in [7, 11) is 3.52. The highest BCUT2D eigenvalue weighted by atomic mass is 16.5. The van der Waals surface area contributed by atoms with E-state index < -0.39 is 0 Å². The molecule has 0 aliphatic rings. The van der Waals surface area contributed by atoms with E-state index in [9.17, 15) is 5.26 Å². The van der Waals surface area contributed by atoms with Crippen LogP contribution in [0.2, 0.25) is 0 Å². The summed E-state index contributed by atoms with van der Waals surface area (Å²) in [6, 6.07) is 6.24. The Morgan fingerprint density at radius 2 is 1.79 bits per heavy atom. The van der Waals surface area contributed by atoms with Gasteiger partial charge < -0.3 is 9.30 Å². The number of aryl methyl sites for hydroxylation is 3. The van der Waals surface area contributed by atoms with Gasteiger partial charge in [0.25, 0.3) is 0 Å². The normalized spacial score (nSPS) is 10.3. The van der Waals surface area contributed by atoms with Crippen LogP contribution < -0.4 is 4.74 Å². The lowest BCUT2D eigenvalue weighted by Gasteiger charge is -2.10. The Balaban J connectivity index is 2.67. The van der Waals surface area contributed by atoms with E-state index in [4.69, 9.17) is 4.74 Å². The van der Waals surface area contributed by atoms with Gasteiger partial charge in [-0.25, -0.2) is 4.98 Å². The van der Waals surface area contributed by atoms with E-state index in [-0.39, 0.29) is 0 Å². The number of hydrogen-bond donors (Lipinski definition) is 0. The molecule has 1 heterocycles. The molecule has 1 aromatic heterocycles. The highest BCUT2D eigenvalue weighted by molar-refractivity contribution is 5.69. The van der Waals surface area contributed by atoms with Gasteiger partial charge in [-0.15, -0.1) is 0 Å². The summed E-state index contributed by atoms with van der Waals surface area (Å²) >= 11 is 0. The van der Waals surface area contributed by atoms with Gasteiger partial charge in [-0.05, 0) is 44.0 Å². The minimum absolute atomic E-state index is 0.585. The Kier molecular flexibility index (Phi) is 3.30. The van der Waals surface area contributed by atoms with Gasteiger partial charge in [0.2, 0.25) is 0 Å². The molecule has 4 heteroatoms. The summed E-state index contributed by atoms with van der Waals surface area (Å²) in [5.74, 6) is 1.72. The molecule has 0 saturated carbocycles. The fourth-order valence-electron chi connectivity index (χ4n) is 2.35. The van der Waals surface area contributed by atoms with Crippen molar-refractivity contribution in [3.05, 3.63) is 34.8 Å². The molecule has 2 rings (SSSR count). The molecule has 0 bridgehead atoms. The molecule has 0 aliphatic heterocycles. The van der Waals surface area contributed by atoms with E-state index in [1.807, 2.05) is 44.5 Å². The van der Waals surface area contributed by atoms with Crippen molar-refractivity contribution in [3.8, 4) is 23.1 Å². The highest BCUT2D eigenvalue weighted by Crippen LogP contribution is 2.31. The fraction of sp³-hybridized carbons (Fsp3) is 0.333. The minimum atomic E-state index is 0.585. The molecule has 0 fully saturated rings. The van der Waals surface area contributed by atoms with Crippen LogP contribution >= 0.6 is 0 Å². The van der Waals surface area contributed by atoms with E-state index in [2.05, 4.69) is 11.1 Å². The van der Waals surface area contributed by atoms with Crippen molar-refractivity contribution in [2.24, 2.45) is 7.05 Å². The molecule has 19 heavy (non-hydrogen) atoms. The number of rotatable bonds is 2. The third-order valence-electron chi connectivity index (χ3n) is 3.36. The first kappa shape index (κ1) is 13.2. The SMILES string of the molecule is COc1c(C)cc(-c2nc(C)n(C)c2C#N)cc1C. The molecular weight excluding hydrogens is 238 g/mol. The van der Waals surface area contributed by atoms with Gasteiger partial charge in [0.1, 0.15) is 29.0 Å². The molecule has 0 N–H and O–H groups in total. The van der Waals surface area contributed by atoms with E-state index in [1.165, 1.54) is 0 Å². The molecular formula is C15H17N3O. The second kappa shape index (κ2) is 4.77. The maximum absolute atomic E-state index is 9.28. The van der Waals surface area contributed by atoms with Crippen LogP contribution in [0.5, 0.6) is 5.75 Å². The quantitative estimate of drug-likeness (QED) is 0.829. The first-order valence-electron chi connectivity index (χ1n) is 6.08. The second-order valence-corrected chi connectivity index (χ2v) is 4.67. The number of benzene rings is 1. The molecule has 0 radical (unpaired) electrons. The average Bonchev–Trinajstić information content (AvgIpc) is 2.65. The van der Waals surface area contributed by atoms with Gasteiger partial charge in [-0.3, -0.25) is 0 Å². The molecule has 0 aliphatic carbocycles. The Bertz CT molecular complexity index is 654. The largest absolute Gasteiger partial charge is 0.496 e. The summed E-state index contributed by atoms with van der Waals surface area (Å²) in [5.41, 5.74) is 4.36. The number of aromatic nitrogens is 2. The van der Waals surface area contributed by atoms with Crippen molar-refractivity contribution >= 4 is 0 Å². The van der Waals surface area contributed by atoms with Crippen molar-refractivity contribution in [2.75, 3.05) is 7.11 Å². The monoisotopic (exact) mass is 255 g/mol. The van der Waals surface area contributed by atoms with Crippen molar-refractivity contribution < 1.29 is 4.74 Å². The van der Waals surface area contributed by atoms with E-state index >= 15 is 0 Å². The predicted molar refractivity (Wildman–Crippen MR) is 74.1 cm³/mol.